The number of fused-ring (bicyclic) bond motifs is 3. The van der Waals surface area contributed by atoms with Crippen molar-refractivity contribution in [2.75, 3.05) is 0 Å². The Morgan fingerprint density at radius 2 is 2.40 bits per heavy atom. The summed E-state index contributed by atoms with van der Waals surface area (Å²) in [6.45, 7) is 0. The number of aromatic carboxylic acids is 1. The van der Waals surface area contributed by atoms with Gasteiger partial charge in [-0.1, -0.05) is 0 Å². The van der Waals surface area contributed by atoms with Gasteiger partial charge in [0.2, 0.25) is 12.0 Å². The summed E-state index contributed by atoms with van der Waals surface area (Å²) in [7, 11) is 0. The molecular weight excluding hydrogens is 260 g/mol. The first-order valence-corrected chi connectivity index (χ1v) is 6.55. The molecule has 102 valence electrons. The minimum Gasteiger partial charge on any atom is -0.619 e. The molecule has 7 heteroatoms. The van der Waals surface area contributed by atoms with Gasteiger partial charge >= 0.3 is 5.97 Å². The van der Waals surface area contributed by atoms with E-state index in [1.54, 1.807) is 0 Å². The number of nitrogens with zero attached hydrogens (tertiary/aromatic N) is 4. The molecule has 20 heavy (non-hydrogen) atoms. The number of carboxylic acid groups (broad SMARTS) is 1. The second-order valence-electron chi connectivity index (χ2n) is 5.34. The fourth-order valence-electron chi connectivity index (χ4n) is 3.14. The summed E-state index contributed by atoms with van der Waals surface area (Å²) < 4.78 is 2.18. The SMILES string of the molecule is O=C(O)c1nn(-c2c[n+]([O-])ccn2)c2c1CCC1CC21. The molecule has 2 aromatic heterocycles. The third kappa shape index (κ3) is 1.52. The number of hydrogen-bond donors (Lipinski definition) is 1. The molecule has 0 aromatic carbocycles. The summed E-state index contributed by atoms with van der Waals surface area (Å²) in [5, 5.41) is 24.9. The Morgan fingerprint density at radius 3 is 3.15 bits per heavy atom. The maximum atomic E-state index is 11.4. The van der Waals surface area contributed by atoms with Crippen LogP contribution in [0.25, 0.3) is 5.82 Å². The van der Waals surface area contributed by atoms with Gasteiger partial charge < -0.3 is 10.3 Å². The predicted molar refractivity (Wildman–Crippen MR) is 66.4 cm³/mol. The third-order valence-electron chi connectivity index (χ3n) is 4.14. The highest BCUT2D eigenvalue weighted by atomic mass is 16.5. The Bertz CT molecular complexity index is 724. The van der Waals surface area contributed by atoms with E-state index in [1.165, 1.54) is 23.3 Å². The standard InChI is InChI=1S/C13H12N4O3/c18-13(19)11-8-2-1-7-5-9(7)12(8)17(15-11)10-6-16(20)4-3-14-10/h3-4,6-7,9H,1-2,5H2,(H,18,19). The van der Waals surface area contributed by atoms with Crippen molar-refractivity contribution < 1.29 is 14.6 Å². The summed E-state index contributed by atoms with van der Waals surface area (Å²) in [6, 6.07) is 0. The van der Waals surface area contributed by atoms with Crippen molar-refractivity contribution in [1.29, 1.82) is 0 Å². The zero-order valence-electron chi connectivity index (χ0n) is 10.6. The van der Waals surface area contributed by atoms with Gasteiger partial charge in [-0.05, 0) is 25.2 Å². The lowest BCUT2D eigenvalue weighted by Crippen LogP contribution is -2.26. The maximum Gasteiger partial charge on any atom is 0.356 e. The lowest BCUT2D eigenvalue weighted by Gasteiger charge is -2.12. The highest BCUT2D eigenvalue weighted by Gasteiger charge is 2.47. The molecule has 0 saturated heterocycles. The Balaban J connectivity index is 1.94. The van der Waals surface area contributed by atoms with Crippen LogP contribution in [0.4, 0.5) is 0 Å². The summed E-state index contributed by atoms with van der Waals surface area (Å²) in [4.78, 5) is 15.5. The van der Waals surface area contributed by atoms with Gasteiger partial charge in [-0.3, -0.25) is 0 Å². The van der Waals surface area contributed by atoms with Crippen molar-refractivity contribution in [2.45, 2.75) is 25.2 Å². The van der Waals surface area contributed by atoms with Crippen LogP contribution in [0.15, 0.2) is 18.6 Å². The first-order chi connectivity index (χ1) is 9.65. The molecule has 4 rings (SSSR count). The topological polar surface area (TPSA) is 95.0 Å². The molecule has 0 radical (unpaired) electrons. The molecule has 2 atom stereocenters. The highest BCUT2D eigenvalue weighted by Crippen LogP contribution is 2.55. The van der Waals surface area contributed by atoms with E-state index in [9.17, 15) is 15.1 Å². The molecule has 2 unspecified atom stereocenters. The highest BCUT2D eigenvalue weighted by molar-refractivity contribution is 5.87. The van der Waals surface area contributed by atoms with Crippen LogP contribution < -0.4 is 4.73 Å². The van der Waals surface area contributed by atoms with Crippen molar-refractivity contribution in [1.82, 2.24) is 14.8 Å². The van der Waals surface area contributed by atoms with Crippen LogP contribution >= 0.6 is 0 Å². The Hall–Kier alpha value is -2.44. The molecule has 0 spiro atoms. The molecule has 2 aliphatic carbocycles. The smallest absolute Gasteiger partial charge is 0.356 e. The monoisotopic (exact) mass is 272 g/mol. The van der Waals surface area contributed by atoms with Crippen molar-refractivity contribution in [2.24, 2.45) is 5.92 Å². The fraction of sp³-hybridized carbons (Fsp3) is 0.385. The molecule has 0 amide bonds. The van der Waals surface area contributed by atoms with Gasteiger partial charge in [-0.25, -0.2) is 14.5 Å². The van der Waals surface area contributed by atoms with Crippen molar-refractivity contribution in [3.63, 3.8) is 0 Å². The van der Waals surface area contributed by atoms with E-state index >= 15 is 0 Å². The number of carboxylic acids is 1. The number of rotatable bonds is 2. The molecular formula is C13H12N4O3. The van der Waals surface area contributed by atoms with Crippen LogP contribution in [0.2, 0.25) is 0 Å². The van der Waals surface area contributed by atoms with E-state index in [0.717, 1.165) is 30.5 Å². The Kier molecular flexibility index (Phi) is 2.15. The molecule has 1 saturated carbocycles. The van der Waals surface area contributed by atoms with Crippen LogP contribution in [0, 0.1) is 11.1 Å². The van der Waals surface area contributed by atoms with E-state index in [2.05, 4.69) is 10.1 Å². The molecule has 0 aliphatic heterocycles. The van der Waals surface area contributed by atoms with E-state index in [4.69, 9.17) is 0 Å². The Labute approximate surface area is 114 Å². The van der Waals surface area contributed by atoms with E-state index < -0.39 is 5.97 Å². The van der Waals surface area contributed by atoms with Crippen LogP contribution in [-0.4, -0.2) is 25.8 Å². The Morgan fingerprint density at radius 1 is 1.55 bits per heavy atom. The average molecular weight is 272 g/mol. The largest absolute Gasteiger partial charge is 0.619 e. The molecule has 1 N–H and O–H groups in total. The van der Waals surface area contributed by atoms with Gasteiger partial charge in [0, 0.05) is 11.5 Å². The van der Waals surface area contributed by atoms with Crippen molar-refractivity contribution in [3.8, 4) is 5.82 Å². The van der Waals surface area contributed by atoms with Crippen LogP contribution in [-0.2, 0) is 6.42 Å². The third-order valence-corrected chi connectivity index (χ3v) is 4.14. The predicted octanol–water partition coefficient (Wildman–Crippen LogP) is 0.649. The van der Waals surface area contributed by atoms with Gasteiger partial charge in [-0.15, -0.1) is 0 Å². The van der Waals surface area contributed by atoms with E-state index in [1.807, 2.05) is 0 Å². The van der Waals surface area contributed by atoms with Gasteiger partial charge in [0.15, 0.2) is 11.9 Å². The van der Waals surface area contributed by atoms with E-state index in [0.29, 0.717) is 22.4 Å². The van der Waals surface area contributed by atoms with Gasteiger partial charge in [0.1, 0.15) is 0 Å². The molecule has 2 heterocycles. The molecule has 2 aromatic rings. The van der Waals surface area contributed by atoms with Crippen molar-refractivity contribution >= 4 is 5.97 Å². The minimum absolute atomic E-state index is 0.0912. The second kappa shape index (κ2) is 3.78. The van der Waals surface area contributed by atoms with Crippen LogP contribution in [0.1, 0.15) is 40.5 Å². The normalized spacial score (nSPS) is 23.0. The average Bonchev–Trinajstić information content (AvgIpc) is 3.10. The van der Waals surface area contributed by atoms with Crippen molar-refractivity contribution in [3.05, 3.63) is 40.7 Å². The first-order valence-electron chi connectivity index (χ1n) is 6.55. The summed E-state index contributed by atoms with van der Waals surface area (Å²) in [6.07, 6.45) is 6.82. The zero-order valence-corrected chi connectivity index (χ0v) is 10.6. The number of aromatic nitrogens is 4. The summed E-state index contributed by atoms with van der Waals surface area (Å²) in [5.74, 6) is 0.341. The molecule has 0 bridgehead atoms. The lowest BCUT2D eigenvalue weighted by molar-refractivity contribution is -0.605. The van der Waals surface area contributed by atoms with E-state index in [-0.39, 0.29) is 5.69 Å². The minimum atomic E-state index is -1.02. The fourth-order valence-corrected chi connectivity index (χ4v) is 3.14. The zero-order chi connectivity index (χ0) is 13.9. The van der Waals surface area contributed by atoms with Crippen LogP contribution in [0.5, 0.6) is 0 Å². The van der Waals surface area contributed by atoms with Gasteiger partial charge in [-0.2, -0.15) is 9.83 Å². The number of carbonyl (C=O) groups is 1. The first kappa shape index (κ1) is 11.4. The maximum absolute atomic E-state index is 11.4. The van der Waals surface area contributed by atoms with Gasteiger partial charge in [0.05, 0.1) is 11.9 Å². The molecule has 1 fully saturated rings. The summed E-state index contributed by atoms with van der Waals surface area (Å²) in [5.41, 5.74) is 1.82. The summed E-state index contributed by atoms with van der Waals surface area (Å²) >= 11 is 0. The van der Waals surface area contributed by atoms with Crippen LogP contribution in [0.3, 0.4) is 0 Å². The lowest BCUT2D eigenvalue weighted by atomic mass is 9.96. The van der Waals surface area contributed by atoms with Gasteiger partial charge in [0.25, 0.3) is 0 Å². The quantitative estimate of drug-likeness (QED) is 0.639. The number of hydrogen-bond acceptors (Lipinski definition) is 4. The molecule has 2 aliphatic rings. The second-order valence-corrected chi connectivity index (χ2v) is 5.34. The molecule has 7 nitrogen and oxygen atoms in total.